The molecule has 8 heteroatoms. The summed E-state index contributed by atoms with van der Waals surface area (Å²) < 4.78 is 2.04. The fraction of sp³-hybridized carbons (Fsp3) is 0.471. The van der Waals surface area contributed by atoms with Gasteiger partial charge in [-0.2, -0.15) is 0 Å². The van der Waals surface area contributed by atoms with Gasteiger partial charge in [0.2, 0.25) is 5.95 Å². The quantitative estimate of drug-likeness (QED) is 0.714. The van der Waals surface area contributed by atoms with E-state index in [9.17, 15) is 0 Å². The number of imidazole rings is 1. The van der Waals surface area contributed by atoms with Gasteiger partial charge in [0, 0.05) is 45.1 Å². The molecule has 1 fully saturated rings. The zero-order valence-electron chi connectivity index (χ0n) is 14.6. The van der Waals surface area contributed by atoms with Crippen LogP contribution in [0, 0.1) is 0 Å². The maximum Gasteiger partial charge on any atom is 0.225 e. The van der Waals surface area contributed by atoms with Crippen molar-refractivity contribution in [2.45, 2.75) is 26.8 Å². The lowest BCUT2D eigenvalue weighted by molar-refractivity contribution is 0.635. The predicted molar refractivity (Wildman–Crippen MR) is 96.8 cm³/mol. The predicted octanol–water partition coefficient (Wildman–Crippen LogP) is 1.53. The lowest BCUT2D eigenvalue weighted by Gasteiger charge is -2.35. The molecule has 25 heavy (non-hydrogen) atoms. The van der Waals surface area contributed by atoms with Crippen LogP contribution in [0.3, 0.4) is 0 Å². The minimum absolute atomic E-state index is 0.806. The molecule has 3 aromatic rings. The Morgan fingerprint density at radius 2 is 1.60 bits per heavy atom. The lowest BCUT2D eigenvalue weighted by Crippen LogP contribution is -2.47. The summed E-state index contributed by atoms with van der Waals surface area (Å²) in [6.45, 7) is 8.52. The van der Waals surface area contributed by atoms with Crippen LogP contribution in [0.2, 0.25) is 0 Å². The third kappa shape index (κ3) is 2.88. The van der Waals surface area contributed by atoms with Gasteiger partial charge in [-0.1, -0.05) is 6.92 Å². The first kappa shape index (κ1) is 15.7. The van der Waals surface area contributed by atoms with Crippen LogP contribution < -0.4 is 9.80 Å². The average molecular weight is 338 g/mol. The summed E-state index contributed by atoms with van der Waals surface area (Å²) in [5.74, 6) is 1.72. The topological polar surface area (TPSA) is 75.9 Å². The number of aromatic nitrogens is 6. The minimum Gasteiger partial charge on any atom is -0.351 e. The summed E-state index contributed by atoms with van der Waals surface area (Å²) >= 11 is 0. The first-order valence-corrected chi connectivity index (χ1v) is 8.76. The number of rotatable bonds is 4. The van der Waals surface area contributed by atoms with Gasteiger partial charge in [-0.25, -0.2) is 24.9 Å². The number of fused-ring (bicyclic) bond motifs is 1. The van der Waals surface area contributed by atoms with Crippen LogP contribution in [0.25, 0.3) is 11.2 Å². The Morgan fingerprint density at radius 3 is 2.28 bits per heavy atom. The van der Waals surface area contributed by atoms with E-state index in [1.165, 1.54) is 0 Å². The lowest BCUT2D eigenvalue weighted by atomic mass is 10.3. The molecule has 4 heterocycles. The minimum atomic E-state index is 0.806. The highest BCUT2D eigenvalue weighted by Crippen LogP contribution is 2.23. The molecule has 4 rings (SSSR count). The van der Waals surface area contributed by atoms with Crippen molar-refractivity contribution in [3.63, 3.8) is 0 Å². The van der Waals surface area contributed by atoms with Crippen LogP contribution in [0.15, 0.2) is 25.0 Å². The van der Waals surface area contributed by atoms with Crippen LogP contribution >= 0.6 is 0 Å². The Hall–Kier alpha value is -2.77. The molecule has 0 atom stereocenters. The Bertz CT molecular complexity index is 849. The van der Waals surface area contributed by atoms with E-state index in [1.807, 2.05) is 23.3 Å². The number of hydrogen-bond donors (Lipinski definition) is 0. The number of piperazine rings is 1. The molecular weight excluding hydrogens is 316 g/mol. The molecule has 0 unspecified atom stereocenters. The molecule has 0 spiro atoms. The standard InChI is InChI=1S/C17H22N8/c1-3-13-9-18-17(19-10-13)25-7-5-24(6-8-25)16-14-15(20-11-21-16)23(4-2)12-22-14/h9-12H,3-8H2,1-2H3. The second kappa shape index (κ2) is 6.62. The summed E-state index contributed by atoms with van der Waals surface area (Å²) in [5, 5.41) is 0. The normalized spacial score (nSPS) is 15.1. The number of hydrogen-bond acceptors (Lipinski definition) is 7. The van der Waals surface area contributed by atoms with Gasteiger partial charge in [0.05, 0.1) is 6.33 Å². The van der Waals surface area contributed by atoms with Crippen molar-refractivity contribution in [1.82, 2.24) is 29.5 Å². The molecule has 0 radical (unpaired) electrons. The highest BCUT2D eigenvalue weighted by molar-refractivity contribution is 5.83. The molecule has 0 N–H and O–H groups in total. The Kier molecular flexibility index (Phi) is 4.17. The number of nitrogens with zero attached hydrogens (tertiary/aromatic N) is 8. The molecule has 0 amide bonds. The van der Waals surface area contributed by atoms with E-state index >= 15 is 0 Å². The van der Waals surface area contributed by atoms with Crippen molar-refractivity contribution < 1.29 is 0 Å². The van der Waals surface area contributed by atoms with Gasteiger partial charge in [-0.15, -0.1) is 0 Å². The molecule has 8 nitrogen and oxygen atoms in total. The summed E-state index contributed by atoms with van der Waals surface area (Å²) in [6.07, 6.45) is 8.26. The van der Waals surface area contributed by atoms with Gasteiger partial charge < -0.3 is 14.4 Å². The fourth-order valence-electron chi connectivity index (χ4n) is 3.14. The van der Waals surface area contributed by atoms with E-state index in [1.54, 1.807) is 6.33 Å². The smallest absolute Gasteiger partial charge is 0.225 e. The second-order valence-electron chi connectivity index (χ2n) is 6.12. The summed E-state index contributed by atoms with van der Waals surface area (Å²) in [6, 6.07) is 0. The highest BCUT2D eigenvalue weighted by atomic mass is 15.3. The Morgan fingerprint density at radius 1 is 0.880 bits per heavy atom. The van der Waals surface area contributed by atoms with Gasteiger partial charge >= 0.3 is 0 Å². The molecule has 0 aromatic carbocycles. The SMILES string of the molecule is CCc1cnc(N2CCN(c3ncnc4c3ncn4CC)CC2)nc1. The Labute approximate surface area is 146 Å². The van der Waals surface area contributed by atoms with Gasteiger partial charge in [0.15, 0.2) is 17.0 Å². The van der Waals surface area contributed by atoms with E-state index < -0.39 is 0 Å². The first-order valence-electron chi connectivity index (χ1n) is 8.76. The van der Waals surface area contributed by atoms with Gasteiger partial charge in [-0.05, 0) is 18.9 Å². The van der Waals surface area contributed by atoms with E-state index in [-0.39, 0.29) is 0 Å². The van der Waals surface area contributed by atoms with E-state index in [4.69, 9.17) is 0 Å². The monoisotopic (exact) mass is 338 g/mol. The molecule has 3 aromatic heterocycles. The van der Waals surface area contributed by atoms with Crippen LogP contribution in [0.5, 0.6) is 0 Å². The zero-order chi connectivity index (χ0) is 17.2. The van der Waals surface area contributed by atoms with Crippen LogP contribution in [0.4, 0.5) is 11.8 Å². The molecule has 0 saturated carbocycles. The van der Waals surface area contributed by atoms with E-state index in [0.717, 1.165) is 67.6 Å². The third-order valence-corrected chi connectivity index (χ3v) is 4.68. The third-order valence-electron chi connectivity index (χ3n) is 4.68. The average Bonchev–Trinajstić information content (AvgIpc) is 3.11. The fourth-order valence-corrected chi connectivity index (χ4v) is 3.14. The van der Waals surface area contributed by atoms with Crippen molar-refractivity contribution in [1.29, 1.82) is 0 Å². The van der Waals surface area contributed by atoms with Crippen molar-refractivity contribution in [2.24, 2.45) is 0 Å². The molecule has 1 aliphatic rings. The van der Waals surface area contributed by atoms with Crippen molar-refractivity contribution in [2.75, 3.05) is 36.0 Å². The van der Waals surface area contributed by atoms with Gasteiger partial charge in [0.25, 0.3) is 0 Å². The number of aryl methyl sites for hydroxylation is 2. The second-order valence-corrected chi connectivity index (χ2v) is 6.12. The molecule has 0 bridgehead atoms. The summed E-state index contributed by atoms with van der Waals surface area (Å²) in [5.41, 5.74) is 2.94. The van der Waals surface area contributed by atoms with E-state index in [0.29, 0.717) is 0 Å². The molecule has 130 valence electrons. The van der Waals surface area contributed by atoms with E-state index in [2.05, 4.69) is 48.6 Å². The summed E-state index contributed by atoms with van der Waals surface area (Å²) in [7, 11) is 0. The Balaban J connectivity index is 1.51. The van der Waals surface area contributed by atoms with Gasteiger partial charge in [0.1, 0.15) is 6.33 Å². The van der Waals surface area contributed by atoms with Crippen LogP contribution in [-0.2, 0) is 13.0 Å². The summed E-state index contributed by atoms with van der Waals surface area (Å²) in [4.78, 5) is 26.9. The molecule has 1 aliphatic heterocycles. The largest absolute Gasteiger partial charge is 0.351 e. The first-order chi connectivity index (χ1) is 12.3. The molecular formula is C17H22N8. The molecule has 1 saturated heterocycles. The molecule has 0 aliphatic carbocycles. The van der Waals surface area contributed by atoms with Crippen LogP contribution in [0.1, 0.15) is 19.4 Å². The maximum absolute atomic E-state index is 4.52. The van der Waals surface area contributed by atoms with Crippen molar-refractivity contribution in [3.05, 3.63) is 30.6 Å². The maximum atomic E-state index is 4.52. The van der Waals surface area contributed by atoms with Gasteiger partial charge in [-0.3, -0.25) is 0 Å². The zero-order valence-corrected chi connectivity index (χ0v) is 14.6. The number of anilines is 2. The van der Waals surface area contributed by atoms with Crippen molar-refractivity contribution >= 4 is 22.9 Å². The van der Waals surface area contributed by atoms with Crippen LogP contribution in [-0.4, -0.2) is 55.7 Å². The van der Waals surface area contributed by atoms with Crippen molar-refractivity contribution in [3.8, 4) is 0 Å². The highest BCUT2D eigenvalue weighted by Gasteiger charge is 2.22.